The highest BCUT2D eigenvalue weighted by atomic mass is 79.9. The largest absolute Gasteiger partial charge is 0.496 e. The zero-order valence-electron chi connectivity index (χ0n) is 11.9. The summed E-state index contributed by atoms with van der Waals surface area (Å²) in [5.74, 6) is 0.962. The monoisotopic (exact) mass is 333 g/mol. The van der Waals surface area contributed by atoms with Gasteiger partial charge in [0, 0.05) is 10.5 Å². The molecule has 0 aliphatic heterocycles. The number of nitrogens with one attached hydrogen (secondary N) is 1. The number of halogens is 1. The van der Waals surface area contributed by atoms with Crippen molar-refractivity contribution in [3.8, 4) is 5.75 Å². The summed E-state index contributed by atoms with van der Waals surface area (Å²) in [5.41, 5.74) is 2.58. The van der Waals surface area contributed by atoms with Crippen molar-refractivity contribution in [3.63, 3.8) is 0 Å². The van der Waals surface area contributed by atoms with Crippen LogP contribution in [-0.2, 0) is 12.8 Å². The molecule has 2 nitrogen and oxygen atoms in total. The molecule has 20 heavy (non-hydrogen) atoms. The summed E-state index contributed by atoms with van der Waals surface area (Å²) in [6.07, 6.45) is 1.96. The molecular weight excluding hydrogens is 314 g/mol. The highest BCUT2D eigenvalue weighted by Gasteiger charge is 2.11. The molecule has 1 unspecified atom stereocenters. The lowest BCUT2D eigenvalue weighted by atomic mass is 9.98. The molecule has 0 amide bonds. The van der Waals surface area contributed by atoms with Crippen LogP contribution >= 0.6 is 15.9 Å². The fourth-order valence-electron chi connectivity index (χ4n) is 2.32. The highest BCUT2D eigenvalue weighted by molar-refractivity contribution is 9.10. The lowest BCUT2D eigenvalue weighted by molar-refractivity contribution is 0.406. The molecule has 0 bridgehead atoms. The van der Waals surface area contributed by atoms with Crippen LogP contribution in [0.15, 0.2) is 53.0 Å². The molecule has 0 spiro atoms. The number of methoxy groups -OCH3 is 1. The zero-order chi connectivity index (χ0) is 14.4. The molecule has 0 saturated heterocycles. The molecular formula is C17H20BrNO. The maximum Gasteiger partial charge on any atom is 0.122 e. The molecule has 1 atom stereocenters. The van der Waals surface area contributed by atoms with Gasteiger partial charge < -0.3 is 10.1 Å². The van der Waals surface area contributed by atoms with Crippen LogP contribution in [0.3, 0.4) is 0 Å². The minimum atomic E-state index is 0.396. The lowest BCUT2D eigenvalue weighted by Gasteiger charge is -2.18. The normalized spacial score (nSPS) is 12.2. The maximum atomic E-state index is 5.42. The van der Waals surface area contributed by atoms with Crippen LogP contribution in [0, 0.1) is 0 Å². The molecule has 0 saturated carbocycles. The number of para-hydroxylation sites is 1. The second kappa shape index (κ2) is 7.46. The van der Waals surface area contributed by atoms with Gasteiger partial charge >= 0.3 is 0 Å². The quantitative estimate of drug-likeness (QED) is 0.867. The molecule has 0 radical (unpaired) electrons. The smallest absolute Gasteiger partial charge is 0.122 e. The summed E-state index contributed by atoms with van der Waals surface area (Å²) < 4.78 is 6.54. The Kier molecular flexibility index (Phi) is 5.62. The fraction of sp³-hybridized carbons (Fsp3) is 0.294. The van der Waals surface area contributed by atoms with E-state index in [2.05, 4.69) is 57.6 Å². The number of likely N-dealkylation sites (N-methyl/N-ethyl adjacent to an activating group) is 1. The van der Waals surface area contributed by atoms with Gasteiger partial charge in [0.05, 0.1) is 7.11 Å². The van der Waals surface area contributed by atoms with Gasteiger partial charge in [-0.15, -0.1) is 0 Å². The van der Waals surface area contributed by atoms with Crippen LogP contribution in [0.25, 0.3) is 0 Å². The van der Waals surface area contributed by atoms with Crippen LogP contribution in [-0.4, -0.2) is 20.2 Å². The van der Waals surface area contributed by atoms with Crippen molar-refractivity contribution in [2.45, 2.75) is 18.9 Å². The van der Waals surface area contributed by atoms with E-state index in [1.807, 2.05) is 19.2 Å². The van der Waals surface area contributed by atoms with Gasteiger partial charge in [-0.05, 0) is 49.2 Å². The Morgan fingerprint density at radius 2 is 1.75 bits per heavy atom. The van der Waals surface area contributed by atoms with Crippen molar-refractivity contribution < 1.29 is 4.74 Å². The van der Waals surface area contributed by atoms with Crippen molar-refractivity contribution in [1.82, 2.24) is 5.32 Å². The van der Waals surface area contributed by atoms with E-state index >= 15 is 0 Å². The molecule has 0 fully saturated rings. The molecule has 0 heterocycles. The van der Waals surface area contributed by atoms with Crippen molar-refractivity contribution >= 4 is 15.9 Å². The summed E-state index contributed by atoms with van der Waals surface area (Å²) >= 11 is 3.47. The van der Waals surface area contributed by atoms with Crippen LogP contribution in [0.5, 0.6) is 5.75 Å². The minimum absolute atomic E-state index is 0.396. The first-order valence-electron chi connectivity index (χ1n) is 6.76. The van der Waals surface area contributed by atoms with Gasteiger partial charge in [-0.1, -0.05) is 46.3 Å². The van der Waals surface area contributed by atoms with Crippen molar-refractivity contribution in [1.29, 1.82) is 0 Å². The average Bonchev–Trinajstić information content (AvgIpc) is 2.49. The zero-order valence-corrected chi connectivity index (χ0v) is 13.5. The predicted molar refractivity (Wildman–Crippen MR) is 87.4 cm³/mol. The molecule has 2 aromatic carbocycles. The van der Waals surface area contributed by atoms with E-state index in [1.54, 1.807) is 7.11 Å². The Morgan fingerprint density at radius 3 is 2.40 bits per heavy atom. The van der Waals surface area contributed by atoms with E-state index in [4.69, 9.17) is 4.74 Å². The Bertz CT molecular complexity index is 539. The second-order valence-electron chi connectivity index (χ2n) is 4.83. The topological polar surface area (TPSA) is 21.3 Å². The first kappa shape index (κ1) is 15.1. The minimum Gasteiger partial charge on any atom is -0.496 e. The first-order valence-corrected chi connectivity index (χ1v) is 7.56. The van der Waals surface area contributed by atoms with Gasteiger partial charge in [0.1, 0.15) is 5.75 Å². The number of hydrogen-bond donors (Lipinski definition) is 1. The van der Waals surface area contributed by atoms with Crippen molar-refractivity contribution in [2.75, 3.05) is 14.2 Å². The predicted octanol–water partition coefficient (Wildman–Crippen LogP) is 3.83. The molecule has 106 valence electrons. The maximum absolute atomic E-state index is 5.42. The lowest BCUT2D eigenvalue weighted by Crippen LogP contribution is -2.30. The summed E-state index contributed by atoms with van der Waals surface area (Å²) in [6, 6.07) is 17.1. The third-order valence-electron chi connectivity index (χ3n) is 3.46. The van der Waals surface area contributed by atoms with Gasteiger partial charge in [0.25, 0.3) is 0 Å². The first-order chi connectivity index (χ1) is 9.72. The van der Waals surface area contributed by atoms with Crippen LogP contribution < -0.4 is 10.1 Å². The van der Waals surface area contributed by atoms with E-state index in [9.17, 15) is 0 Å². The molecule has 0 aromatic heterocycles. The Morgan fingerprint density at radius 1 is 1.05 bits per heavy atom. The SMILES string of the molecule is CNC(Cc1ccc(Br)cc1)Cc1ccccc1OC. The molecule has 1 N–H and O–H groups in total. The van der Waals surface area contributed by atoms with Gasteiger partial charge in [-0.3, -0.25) is 0 Å². The van der Waals surface area contributed by atoms with Gasteiger partial charge in [0.15, 0.2) is 0 Å². The third-order valence-corrected chi connectivity index (χ3v) is 3.99. The molecule has 0 aliphatic carbocycles. The van der Waals surface area contributed by atoms with E-state index in [0.717, 1.165) is 23.1 Å². The number of hydrogen-bond acceptors (Lipinski definition) is 2. The standard InChI is InChI=1S/C17H20BrNO/c1-19-16(11-13-7-9-15(18)10-8-13)12-14-5-3-4-6-17(14)20-2/h3-10,16,19H,11-12H2,1-2H3. The number of benzene rings is 2. The molecule has 2 rings (SSSR count). The van der Waals surface area contributed by atoms with Crippen molar-refractivity contribution in [3.05, 3.63) is 64.1 Å². The highest BCUT2D eigenvalue weighted by Crippen LogP contribution is 2.20. The van der Waals surface area contributed by atoms with Crippen LogP contribution in [0.1, 0.15) is 11.1 Å². The van der Waals surface area contributed by atoms with E-state index in [1.165, 1.54) is 11.1 Å². The van der Waals surface area contributed by atoms with E-state index in [0.29, 0.717) is 6.04 Å². The van der Waals surface area contributed by atoms with Gasteiger partial charge in [-0.25, -0.2) is 0 Å². The van der Waals surface area contributed by atoms with E-state index < -0.39 is 0 Å². The summed E-state index contributed by atoms with van der Waals surface area (Å²) in [7, 11) is 3.74. The molecule has 2 aromatic rings. The second-order valence-corrected chi connectivity index (χ2v) is 5.75. The van der Waals surface area contributed by atoms with Gasteiger partial charge in [-0.2, -0.15) is 0 Å². The Labute approximate surface area is 129 Å². The van der Waals surface area contributed by atoms with Crippen LogP contribution in [0.2, 0.25) is 0 Å². The summed E-state index contributed by atoms with van der Waals surface area (Å²) in [4.78, 5) is 0. The molecule has 3 heteroatoms. The Hall–Kier alpha value is -1.32. The van der Waals surface area contributed by atoms with Gasteiger partial charge in [0.2, 0.25) is 0 Å². The summed E-state index contributed by atoms with van der Waals surface area (Å²) in [5, 5.41) is 3.40. The Balaban J connectivity index is 2.07. The van der Waals surface area contributed by atoms with Crippen molar-refractivity contribution in [2.24, 2.45) is 0 Å². The number of rotatable bonds is 6. The van der Waals surface area contributed by atoms with E-state index in [-0.39, 0.29) is 0 Å². The summed E-state index contributed by atoms with van der Waals surface area (Å²) in [6.45, 7) is 0. The third kappa shape index (κ3) is 4.09. The average molecular weight is 334 g/mol. The van der Waals surface area contributed by atoms with Crippen LogP contribution in [0.4, 0.5) is 0 Å². The number of ether oxygens (including phenoxy) is 1. The fourth-order valence-corrected chi connectivity index (χ4v) is 2.58. The molecule has 0 aliphatic rings.